The Hall–Kier alpha value is -0.170. The topological polar surface area (TPSA) is 21.3 Å². The van der Waals surface area contributed by atoms with Crippen molar-refractivity contribution >= 4 is 11.8 Å². The first-order valence-corrected chi connectivity index (χ1v) is 4.08. The standard InChI is InChI=1S/C6H11NOS/c1-3-5-8-7-4-6-9-2/h1,7H,4-6H2,2H3. The molecule has 0 aromatic rings. The van der Waals surface area contributed by atoms with Crippen molar-refractivity contribution in [2.24, 2.45) is 0 Å². The van der Waals surface area contributed by atoms with Crippen molar-refractivity contribution in [3.05, 3.63) is 0 Å². The molecular weight excluding hydrogens is 134 g/mol. The van der Waals surface area contributed by atoms with Gasteiger partial charge in [-0.05, 0) is 6.26 Å². The Morgan fingerprint density at radius 2 is 2.56 bits per heavy atom. The molecule has 3 heteroatoms. The summed E-state index contributed by atoms with van der Waals surface area (Å²) in [6, 6.07) is 0. The molecule has 0 atom stereocenters. The second-order valence-electron chi connectivity index (χ2n) is 1.38. The maximum Gasteiger partial charge on any atom is 0.128 e. The van der Waals surface area contributed by atoms with Crippen LogP contribution in [0.25, 0.3) is 0 Å². The number of hydroxylamine groups is 1. The molecule has 0 saturated carbocycles. The first-order valence-electron chi connectivity index (χ1n) is 2.69. The second-order valence-corrected chi connectivity index (χ2v) is 2.37. The van der Waals surface area contributed by atoms with Crippen molar-refractivity contribution in [3.8, 4) is 12.3 Å². The smallest absolute Gasteiger partial charge is 0.128 e. The van der Waals surface area contributed by atoms with Gasteiger partial charge in [0.1, 0.15) is 6.61 Å². The summed E-state index contributed by atoms with van der Waals surface area (Å²) in [6.07, 6.45) is 6.97. The number of hydrogen-bond donors (Lipinski definition) is 1. The molecule has 0 radical (unpaired) electrons. The summed E-state index contributed by atoms with van der Waals surface area (Å²) in [4.78, 5) is 4.79. The van der Waals surface area contributed by atoms with Crippen LogP contribution in [-0.2, 0) is 4.84 Å². The van der Waals surface area contributed by atoms with Crippen molar-refractivity contribution in [3.63, 3.8) is 0 Å². The quantitative estimate of drug-likeness (QED) is 0.346. The number of hydrogen-bond acceptors (Lipinski definition) is 3. The van der Waals surface area contributed by atoms with Gasteiger partial charge in [-0.1, -0.05) is 5.92 Å². The van der Waals surface area contributed by atoms with Gasteiger partial charge in [0.25, 0.3) is 0 Å². The highest BCUT2D eigenvalue weighted by Crippen LogP contribution is 1.86. The SMILES string of the molecule is C#CCONCCSC. The van der Waals surface area contributed by atoms with E-state index in [1.54, 1.807) is 11.8 Å². The molecule has 0 aliphatic heterocycles. The zero-order valence-electron chi connectivity index (χ0n) is 5.52. The van der Waals surface area contributed by atoms with Crippen LogP contribution in [0.3, 0.4) is 0 Å². The van der Waals surface area contributed by atoms with E-state index in [0.29, 0.717) is 6.61 Å². The van der Waals surface area contributed by atoms with Crippen LogP contribution >= 0.6 is 11.8 Å². The van der Waals surface area contributed by atoms with Gasteiger partial charge in [-0.15, -0.1) is 6.42 Å². The fourth-order valence-corrected chi connectivity index (χ4v) is 0.596. The minimum atomic E-state index is 0.342. The van der Waals surface area contributed by atoms with Gasteiger partial charge >= 0.3 is 0 Å². The third kappa shape index (κ3) is 7.83. The molecule has 9 heavy (non-hydrogen) atoms. The van der Waals surface area contributed by atoms with Gasteiger partial charge in [-0.25, -0.2) is 5.48 Å². The highest BCUT2D eigenvalue weighted by molar-refractivity contribution is 7.98. The first-order chi connectivity index (χ1) is 4.41. The van der Waals surface area contributed by atoms with Crippen molar-refractivity contribution in [1.29, 1.82) is 0 Å². The fourth-order valence-electron chi connectivity index (χ4n) is 0.309. The molecule has 2 nitrogen and oxygen atoms in total. The Kier molecular flexibility index (Phi) is 7.68. The highest BCUT2D eigenvalue weighted by Gasteiger charge is 1.81. The van der Waals surface area contributed by atoms with E-state index in [-0.39, 0.29) is 0 Å². The second kappa shape index (κ2) is 7.83. The predicted octanol–water partition coefficient (Wildman–Crippen LogP) is 0.504. The molecule has 0 aliphatic carbocycles. The van der Waals surface area contributed by atoms with Crippen LogP contribution in [-0.4, -0.2) is 25.2 Å². The maximum atomic E-state index is 4.92. The Balaban J connectivity index is 2.69. The molecule has 0 heterocycles. The molecule has 0 unspecified atom stereocenters. The number of thioether (sulfide) groups is 1. The molecule has 0 aromatic carbocycles. The third-order valence-corrected chi connectivity index (χ3v) is 1.28. The number of nitrogens with one attached hydrogen (secondary N) is 1. The molecule has 0 spiro atoms. The monoisotopic (exact) mass is 145 g/mol. The van der Waals surface area contributed by atoms with Gasteiger partial charge in [0.2, 0.25) is 0 Å². The van der Waals surface area contributed by atoms with Crippen LogP contribution in [0.2, 0.25) is 0 Å². The molecule has 0 fully saturated rings. The summed E-state index contributed by atoms with van der Waals surface area (Å²) in [6.45, 7) is 1.19. The first kappa shape index (κ1) is 8.83. The maximum absolute atomic E-state index is 4.92. The Bertz CT molecular complexity index is 89.5. The van der Waals surface area contributed by atoms with E-state index in [1.165, 1.54) is 0 Å². The minimum Gasteiger partial charge on any atom is -0.289 e. The third-order valence-electron chi connectivity index (χ3n) is 0.666. The molecule has 0 bridgehead atoms. The van der Waals surface area contributed by atoms with E-state index in [9.17, 15) is 0 Å². The summed E-state index contributed by atoms with van der Waals surface area (Å²) >= 11 is 1.77. The van der Waals surface area contributed by atoms with Crippen LogP contribution in [0.4, 0.5) is 0 Å². The van der Waals surface area contributed by atoms with Gasteiger partial charge in [0, 0.05) is 12.3 Å². The molecule has 0 aromatic heterocycles. The van der Waals surface area contributed by atoms with Gasteiger partial charge in [-0.2, -0.15) is 11.8 Å². The normalized spacial score (nSPS) is 8.89. The fraction of sp³-hybridized carbons (Fsp3) is 0.667. The summed E-state index contributed by atoms with van der Waals surface area (Å²) in [5.74, 6) is 3.40. The van der Waals surface area contributed by atoms with E-state index in [4.69, 9.17) is 11.3 Å². The highest BCUT2D eigenvalue weighted by atomic mass is 32.2. The lowest BCUT2D eigenvalue weighted by molar-refractivity contribution is 0.0711. The molecule has 0 saturated heterocycles. The van der Waals surface area contributed by atoms with Crippen molar-refractivity contribution in [2.45, 2.75) is 0 Å². The molecular formula is C6H11NOS. The van der Waals surface area contributed by atoms with E-state index >= 15 is 0 Å². The summed E-state index contributed by atoms with van der Waals surface area (Å²) in [7, 11) is 0. The van der Waals surface area contributed by atoms with Crippen molar-refractivity contribution < 1.29 is 4.84 Å². The van der Waals surface area contributed by atoms with Crippen LogP contribution in [0.15, 0.2) is 0 Å². The van der Waals surface area contributed by atoms with Crippen LogP contribution in [0, 0.1) is 12.3 Å². The van der Waals surface area contributed by atoms with E-state index in [0.717, 1.165) is 12.3 Å². The summed E-state index contributed by atoms with van der Waals surface area (Å²) in [5.41, 5.74) is 2.72. The molecule has 0 rings (SSSR count). The van der Waals surface area contributed by atoms with E-state index in [1.807, 2.05) is 6.26 Å². The van der Waals surface area contributed by atoms with E-state index < -0.39 is 0 Å². The van der Waals surface area contributed by atoms with Gasteiger partial charge in [0.05, 0.1) is 0 Å². The summed E-state index contributed by atoms with van der Waals surface area (Å²) in [5, 5.41) is 0. The Morgan fingerprint density at radius 3 is 3.11 bits per heavy atom. The van der Waals surface area contributed by atoms with Crippen LogP contribution in [0.5, 0.6) is 0 Å². The zero-order chi connectivity index (χ0) is 6.95. The van der Waals surface area contributed by atoms with Gasteiger partial charge < -0.3 is 0 Å². The predicted molar refractivity (Wildman–Crippen MR) is 41.2 cm³/mol. The lowest BCUT2D eigenvalue weighted by Crippen LogP contribution is -2.17. The zero-order valence-corrected chi connectivity index (χ0v) is 6.33. The number of rotatable bonds is 5. The average molecular weight is 145 g/mol. The molecule has 1 N–H and O–H groups in total. The van der Waals surface area contributed by atoms with Crippen LogP contribution < -0.4 is 5.48 Å². The minimum absolute atomic E-state index is 0.342. The van der Waals surface area contributed by atoms with Gasteiger partial charge in [-0.3, -0.25) is 4.84 Å². The largest absolute Gasteiger partial charge is 0.289 e. The van der Waals surface area contributed by atoms with Crippen molar-refractivity contribution in [1.82, 2.24) is 5.48 Å². The molecule has 0 aliphatic rings. The lowest BCUT2D eigenvalue weighted by atomic mass is 10.8. The van der Waals surface area contributed by atoms with Crippen LogP contribution in [0.1, 0.15) is 0 Å². The van der Waals surface area contributed by atoms with E-state index in [2.05, 4.69) is 11.4 Å². The lowest BCUT2D eigenvalue weighted by Gasteiger charge is -1.99. The molecule has 52 valence electrons. The Labute approximate surface area is 60.3 Å². The Morgan fingerprint density at radius 1 is 1.78 bits per heavy atom. The molecule has 0 amide bonds. The van der Waals surface area contributed by atoms with Crippen molar-refractivity contribution in [2.75, 3.05) is 25.2 Å². The number of terminal acetylenes is 1. The van der Waals surface area contributed by atoms with Gasteiger partial charge in [0.15, 0.2) is 0 Å². The average Bonchev–Trinajstić information content (AvgIpc) is 1.89. The summed E-state index contributed by atoms with van der Waals surface area (Å²) < 4.78 is 0.